The number of nitrogens with one attached hydrogen (secondary N) is 1. The number of methoxy groups -OCH3 is 1. The Morgan fingerprint density at radius 3 is 3.00 bits per heavy atom. The number of hydrogen-bond donors (Lipinski definition) is 2. The molecule has 0 saturated heterocycles. The van der Waals surface area contributed by atoms with Crippen molar-refractivity contribution < 1.29 is 4.74 Å². The first-order chi connectivity index (χ1) is 8.72. The molecule has 1 aromatic carbocycles. The van der Waals surface area contributed by atoms with Gasteiger partial charge in [-0.2, -0.15) is 0 Å². The molecule has 2 aromatic rings. The molecule has 1 heterocycles. The van der Waals surface area contributed by atoms with Crippen molar-refractivity contribution in [3.8, 4) is 5.75 Å². The zero-order chi connectivity index (χ0) is 13.0. The SMILES string of the molecule is COc1cccc(Sc2nc(NN)ncc2Br)c1. The Morgan fingerprint density at radius 2 is 2.28 bits per heavy atom. The van der Waals surface area contributed by atoms with Crippen LogP contribution in [0, 0.1) is 0 Å². The van der Waals surface area contributed by atoms with E-state index in [1.807, 2.05) is 24.3 Å². The fraction of sp³-hybridized carbons (Fsp3) is 0.0909. The molecule has 0 spiro atoms. The van der Waals surface area contributed by atoms with Gasteiger partial charge in [-0.25, -0.2) is 15.8 Å². The second kappa shape index (κ2) is 6.03. The van der Waals surface area contributed by atoms with Crippen molar-refractivity contribution in [1.82, 2.24) is 9.97 Å². The van der Waals surface area contributed by atoms with Gasteiger partial charge in [-0.3, -0.25) is 5.43 Å². The Morgan fingerprint density at radius 1 is 1.44 bits per heavy atom. The molecule has 0 amide bonds. The van der Waals surface area contributed by atoms with Gasteiger partial charge < -0.3 is 4.74 Å². The van der Waals surface area contributed by atoms with Crippen LogP contribution < -0.4 is 16.0 Å². The summed E-state index contributed by atoms with van der Waals surface area (Å²) in [7, 11) is 1.64. The third-order valence-corrected chi connectivity index (χ3v) is 3.93. The van der Waals surface area contributed by atoms with Crippen LogP contribution in [0.15, 0.2) is 44.9 Å². The van der Waals surface area contributed by atoms with Crippen LogP contribution >= 0.6 is 27.7 Å². The number of nitrogens with two attached hydrogens (primary N) is 1. The molecule has 0 unspecified atom stereocenters. The lowest BCUT2D eigenvalue weighted by Gasteiger charge is -2.06. The number of nitrogens with zero attached hydrogens (tertiary/aromatic N) is 2. The van der Waals surface area contributed by atoms with E-state index in [0.29, 0.717) is 5.95 Å². The predicted octanol–water partition coefficient (Wildman–Crippen LogP) is 2.68. The average Bonchev–Trinajstić information content (AvgIpc) is 2.41. The molecule has 3 N–H and O–H groups in total. The highest BCUT2D eigenvalue weighted by atomic mass is 79.9. The smallest absolute Gasteiger partial charge is 0.238 e. The highest BCUT2D eigenvalue weighted by Crippen LogP contribution is 2.33. The van der Waals surface area contributed by atoms with Crippen molar-refractivity contribution in [3.63, 3.8) is 0 Å². The van der Waals surface area contributed by atoms with Crippen LogP contribution in [0.4, 0.5) is 5.95 Å². The first-order valence-corrected chi connectivity index (χ1v) is 6.65. The zero-order valence-electron chi connectivity index (χ0n) is 9.55. The van der Waals surface area contributed by atoms with Gasteiger partial charge in [0.15, 0.2) is 0 Å². The largest absolute Gasteiger partial charge is 0.497 e. The van der Waals surface area contributed by atoms with Crippen molar-refractivity contribution in [1.29, 1.82) is 0 Å². The van der Waals surface area contributed by atoms with Crippen molar-refractivity contribution in [3.05, 3.63) is 34.9 Å². The van der Waals surface area contributed by atoms with Crippen LogP contribution in [0.1, 0.15) is 0 Å². The summed E-state index contributed by atoms with van der Waals surface area (Å²) in [6.07, 6.45) is 1.66. The third kappa shape index (κ3) is 3.12. The highest BCUT2D eigenvalue weighted by Gasteiger charge is 2.07. The fourth-order valence-electron chi connectivity index (χ4n) is 1.27. The lowest BCUT2D eigenvalue weighted by molar-refractivity contribution is 0.413. The lowest BCUT2D eigenvalue weighted by Crippen LogP contribution is -2.10. The predicted molar refractivity (Wildman–Crippen MR) is 74.7 cm³/mol. The van der Waals surface area contributed by atoms with Gasteiger partial charge >= 0.3 is 0 Å². The van der Waals surface area contributed by atoms with Gasteiger partial charge in [0.25, 0.3) is 0 Å². The van der Waals surface area contributed by atoms with E-state index in [4.69, 9.17) is 10.6 Å². The number of hydrazine groups is 1. The van der Waals surface area contributed by atoms with Gasteiger partial charge in [-0.05, 0) is 34.1 Å². The third-order valence-electron chi connectivity index (χ3n) is 2.10. The summed E-state index contributed by atoms with van der Waals surface area (Å²) in [4.78, 5) is 9.29. The monoisotopic (exact) mass is 326 g/mol. The van der Waals surface area contributed by atoms with E-state index in [-0.39, 0.29) is 0 Å². The van der Waals surface area contributed by atoms with Crippen LogP contribution in [-0.4, -0.2) is 17.1 Å². The number of rotatable bonds is 4. The Kier molecular flexibility index (Phi) is 4.40. The molecule has 0 saturated carbocycles. The molecule has 0 bridgehead atoms. The summed E-state index contributed by atoms with van der Waals surface area (Å²) in [6.45, 7) is 0. The van der Waals surface area contributed by atoms with E-state index in [0.717, 1.165) is 20.1 Å². The number of nitrogen functional groups attached to an aromatic ring is 1. The van der Waals surface area contributed by atoms with Gasteiger partial charge in [0.1, 0.15) is 10.8 Å². The Balaban J connectivity index is 2.27. The first-order valence-electron chi connectivity index (χ1n) is 5.04. The van der Waals surface area contributed by atoms with Crippen LogP contribution in [-0.2, 0) is 0 Å². The molecule has 7 heteroatoms. The molecular weight excluding hydrogens is 316 g/mol. The molecule has 94 valence electrons. The molecule has 5 nitrogen and oxygen atoms in total. The number of halogens is 1. The van der Waals surface area contributed by atoms with Crippen molar-refractivity contribution in [2.24, 2.45) is 5.84 Å². The van der Waals surface area contributed by atoms with E-state index in [1.165, 1.54) is 11.8 Å². The number of ether oxygens (including phenoxy) is 1. The van der Waals surface area contributed by atoms with Gasteiger partial charge in [0.2, 0.25) is 5.95 Å². The van der Waals surface area contributed by atoms with Gasteiger partial charge in [0, 0.05) is 11.1 Å². The van der Waals surface area contributed by atoms with E-state index < -0.39 is 0 Å². The normalized spacial score (nSPS) is 10.2. The van der Waals surface area contributed by atoms with Gasteiger partial charge in [-0.15, -0.1) is 0 Å². The molecule has 0 fully saturated rings. The van der Waals surface area contributed by atoms with Crippen molar-refractivity contribution in [2.45, 2.75) is 9.92 Å². The molecule has 2 rings (SSSR count). The van der Waals surface area contributed by atoms with Crippen LogP contribution in [0.2, 0.25) is 0 Å². The number of hydrogen-bond acceptors (Lipinski definition) is 6. The maximum atomic E-state index is 5.29. The summed E-state index contributed by atoms with van der Waals surface area (Å²) in [5.41, 5.74) is 2.42. The zero-order valence-corrected chi connectivity index (χ0v) is 12.0. The molecular formula is C11H11BrN4OS. The highest BCUT2D eigenvalue weighted by molar-refractivity contribution is 9.10. The molecule has 0 aliphatic heterocycles. The second-order valence-corrected chi connectivity index (χ2v) is 5.19. The lowest BCUT2D eigenvalue weighted by atomic mass is 10.3. The van der Waals surface area contributed by atoms with Crippen LogP contribution in [0.25, 0.3) is 0 Å². The molecule has 0 aliphatic carbocycles. The Hall–Kier alpha value is -1.31. The topological polar surface area (TPSA) is 73.1 Å². The maximum Gasteiger partial charge on any atom is 0.238 e. The number of benzene rings is 1. The second-order valence-electron chi connectivity index (χ2n) is 3.27. The number of anilines is 1. The minimum Gasteiger partial charge on any atom is -0.497 e. The van der Waals surface area contributed by atoms with Gasteiger partial charge in [-0.1, -0.05) is 17.8 Å². The molecule has 0 aliphatic rings. The molecule has 18 heavy (non-hydrogen) atoms. The summed E-state index contributed by atoms with van der Waals surface area (Å²) in [5.74, 6) is 6.47. The molecule has 0 radical (unpaired) electrons. The average molecular weight is 327 g/mol. The minimum atomic E-state index is 0.378. The van der Waals surface area contributed by atoms with Gasteiger partial charge in [0.05, 0.1) is 11.6 Å². The minimum absolute atomic E-state index is 0.378. The standard InChI is InChI=1S/C11H11BrN4OS/c1-17-7-3-2-4-8(5-7)18-10-9(12)6-14-11(15-10)16-13/h2-6H,13H2,1H3,(H,14,15,16). The summed E-state index contributed by atoms with van der Waals surface area (Å²) < 4.78 is 5.99. The van der Waals surface area contributed by atoms with Crippen molar-refractivity contribution in [2.75, 3.05) is 12.5 Å². The quantitative estimate of drug-likeness (QED) is 0.511. The van der Waals surface area contributed by atoms with E-state index >= 15 is 0 Å². The van der Waals surface area contributed by atoms with E-state index in [2.05, 4.69) is 31.3 Å². The summed E-state index contributed by atoms with van der Waals surface area (Å²) in [5, 5.41) is 0.784. The van der Waals surface area contributed by atoms with E-state index in [1.54, 1.807) is 13.3 Å². The summed E-state index contributed by atoms with van der Waals surface area (Å²) >= 11 is 4.91. The van der Waals surface area contributed by atoms with Crippen LogP contribution in [0.3, 0.4) is 0 Å². The Bertz CT molecular complexity index is 552. The molecule has 1 aromatic heterocycles. The van der Waals surface area contributed by atoms with Crippen molar-refractivity contribution >= 4 is 33.6 Å². The maximum absolute atomic E-state index is 5.29. The summed E-state index contributed by atoms with van der Waals surface area (Å²) in [6, 6.07) is 7.75. The fourth-order valence-corrected chi connectivity index (χ4v) is 2.53. The first kappa shape index (κ1) is 13.1. The molecule has 0 atom stereocenters. The number of aromatic nitrogens is 2. The van der Waals surface area contributed by atoms with E-state index in [9.17, 15) is 0 Å². The van der Waals surface area contributed by atoms with Crippen LogP contribution in [0.5, 0.6) is 5.75 Å². The Labute approximate surface area is 117 Å².